The highest BCUT2D eigenvalue weighted by atomic mass is 32.1. The second-order valence-corrected chi connectivity index (χ2v) is 35.3. The number of fused-ring (bicyclic) bond motifs is 18. The van der Waals surface area contributed by atoms with Gasteiger partial charge in [0.2, 0.25) is 0 Å². The minimum atomic E-state index is 0.936. The molecule has 0 bridgehead atoms. The molecule has 0 atom stereocenters. The van der Waals surface area contributed by atoms with Gasteiger partial charge in [-0.2, -0.15) is 0 Å². The van der Waals surface area contributed by atoms with E-state index < -0.39 is 0 Å². The number of hydrogen-bond acceptors (Lipinski definition) is 5. The molecule has 0 radical (unpaired) electrons. The van der Waals surface area contributed by atoms with Gasteiger partial charge in [0, 0.05) is 110 Å². The molecule has 26 aromatic rings. The molecule has 120 heavy (non-hydrogen) atoms. The van der Waals surface area contributed by atoms with E-state index in [4.69, 9.17) is 9.97 Å². The largest absolute Gasteiger partial charge is 0.309 e. The van der Waals surface area contributed by atoms with E-state index in [1.165, 1.54) is 242 Å². The van der Waals surface area contributed by atoms with Crippen LogP contribution in [0.25, 0.3) is 265 Å². The van der Waals surface area contributed by atoms with Gasteiger partial charge in [0.25, 0.3) is 0 Å². The van der Waals surface area contributed by atoms with Crippen LogP contribution in [0.1, 0.15) is 0 Å². The van der Waals surface area contributed by atoms with Gasteiger partial charge in [0.15, 0.2) is 0 Å². The van der Waals surface area contributed by atoms with E-state index in [0.29, 0.717) is 0 Å². The quantitative estimate of drug-likeness (QED) is 0.172. The summed E-state index contributed by atoms with van der Waals surface area (Å²) in [4.78, 5) is 9.96. The maximum Gasteiger partial charge on any atom is 0.138 e. The molecule has 0 spiro atoms. The predicted molar refractivity (Wildman–Crippen MR) is 513 cm³/mol. The van der Waals surface area contributed by atoms with Gasteiger partial charge in [-0.3, -0.25) is 9.13 Å². The fraction of sp³-hybridized carbons (Fsp3) is 0. The third-order valence-corrected chi connectivity index (χ3v) is 29.2. The molecule has 8 heterocycles. The van der Waals surface area contributed by atoms with Crippen molar-refractivity contribution in [3.63, 3.8) is 0 Å². The minimum Gasteiger partial charge on any atom is -0.309 e. The number of rotatable bonds is 5. The maximum atomic E-state index is 5.21. The molecule has 5 nitrogen and oxygen atoms in total. The van der Waals surface area contributed by atoms with Gasteiger partial charge in [-0.05, 0) is 238 Å². The van der Waals surface area contributed by atoms with Crippen LogP contribution in [0.4, 0.5) is 0 Å². The number of thiophene rings is 3. The Balaban J connectivity index is 0.0000000955. The molecular weight excluding hydrogens is 1510 g/mol. The van der Waals surface area contributed by atoms with Crippen molar-refractivity contribution in [3.05, 3.63) is 382 Å². The zero-order valence-electron chi connectivity index (χ0n) is 64.3. The molecule has 0 fully saturated rings. The summed E-state index contributed by atoms with van der Waals surface area (Å²) >= 11 is 5.67. The van der Waals surface area contributed by atoms with Gasteiger partial charge in [0.05, 0.1) is 38.8 Å². The molecule has 0 amide bonds. The summed E-state index contributed by atoms with van der Waals surface area (Å²) in [6.45, 7) is 0. The molecular formula is C112H63N5S3. The lowest BCUT2D eigenvalue weighted by Gasteiger charge is -2.15. The van der Waals surface area contributed by atoms with Crippen LogP contribution >= 0.6 is 34.0 Å². The van der Waals surface area contributed by atoms with E-state index in [1.54, 1.807) is 0 Å². The first-order chi connectivity index (χ1) is 59.5. The van der Waals surface area contributed by atoms with E-state index in [2.05, 4.69) is 378 Å². The van der Waals surface area contributed by atoms with Crippen molar-refractivity contribution >= 4 is 192 Å². The Bertz CT molecular complexity index is 8620. The van der Waals surface area contributed by atoms with Crippen molar-refractivity contribution < 1.29 is 0 Å². The van der Waals surface area contributed by atoms with Crippen molar-refractivity contribution in [1.82, 2.24) is 23.7 Å². The smallest absolute Gasteiger partial charge is 0.138 e. The number of nitrogens with zero attached hydrogens (tertiary/aromatic N) is 5. The number of benzene rings is 18. The summed E-state index contributed by atoms with van der Waals surface area (Å²) in [5, 5.41) is 23.8. The highest BCUT2D eigenvalue weighted by Crippen LogP contribution is 2.57. The molecule has 8 aromatic heterocycles. The summed E-state index contributed by atoms with van der Waals surface area (Å²) in [7, 11) is 0. The lowest BCUT2D eigenvalue weighted by Crippen LogP contribution is -1.99. The molecule has 3 aliphatic carbocycles. The molecule has 0 unspecified atom stereocenters. The summed E-state index contributed by atoms with van der Waals surface area (Å²) < 4.78 is 15.2. The first-order valence-electron chi connectivity index (χ1n) is 41.0. The first kappa shape index (κ1) is 66.3. The average molecular weight is 1570 g/mol. The molecule has 3 aliphatic rings. The first-order valence-corrected chi connectivity index (χ1v) is 43.4. The van der Waals surface area contributed by atoms with Crippen LogP contribution < -0.4 is 0 Å². The summed E-state index contributed by atoms with van der Waals surface area (Å²) in [5.41, 5.74) is 28.7. The molecule has 18 aromatic carbocycles. The predicted octanol–water partition coefficient (Wildman–Crippen LogP) is 32.0. The van der Waals surface area contributed by atoms with E-state index in [1.807, 2.05) is 52.3 Å². The van der Waals surface area contributed by atoms with Crippen molar-refractivity contribution in [2.75, 3.05) is 0 Å². The highest BCUT2D eigenvalue weighted by molar-refractivity contribution is 7.26. The fourth-order valence-electron chi connectivity index (χ4n) is 20.8. The number of hydrogen-bond donors (Lipinski definition) is 0. The summed E-state index contributed by atoms with van der Waals surface area (Å²) in [6, 6.07) is 138. The van der Waals surface area contributed by atoms with E-state index >= 15 is 0 Å². The average Bonchev–Trinajstić information content (AvgIpc) is 1.55. The van der Waals surface area contributed by atoms with Crippen molar-refractivity contribution in [2.24, 2.45) is 0 Å². The van der Waals surface area contributed by atoms with Gasteiger partial charge >= 0.3 is 0 Å². The van der Waals surface area contributed by atoms with Crippen LogP contribution in [0.3, 0.4) is 0 Å². The van der Waals surface area contributed by atoms with Gasteiger partial charge < -0.3 is 4.57 Å². The molecule has 29 rings (SSSR count). The van der Waals surface area contributed by atoms with Crippen molar-refractivity contribution in [2.45, 2.75) is 0 Å². The zero-order valence-corrected chi connectivity index (χ0v) is 66.8. The lowest BCUT2D eigenvalue weighted by atomic mass is 9.92. The van der Waals surface area contributed by atoms with E-state index in [-0.39, 0.29) is 0 Å². The molecule has 8 heteroatoms. The van der Waals surface area contributed by atoms with Gasteiger partial charge in [0.1, 0.15) is 11.6 Å². The van der Waals surface area contributed by atoms with Gasteiger partial charge in [-0.1, -0.05) is 249 Å². The number of aromatic nitrogens is 5. The number of pyridine rings is 2. The van der Waals surface area contributed by atoms with Crippen LogP contribution in [-0.4, -0.2) is 23.7 Å². The van der Waals surface area contributed by atoms with Gasteiger partial charge in [-0.15, -0.1) is 34.0 Å². The Labute approximate surface area is 699 Å². The molecule has 554 valence electrons. The Kier molecular flexibility index (Phi) is 14.0. The highest BCUT2D eigenvalue weighted by Gasteiger charge is 2.31. The molecule has 0 aliphatic heterocycles. The maximum absolute atomic E-state index is 5.21. The lowest BCUT2D eigenvalue weighted by molar-refractivity contribution is 1.08. The summed E-state index contributed by atoms with van der Waals surface area (Å²) in [6.07, 6.45) is 1.88. The van der Waals surface area contributed by atoms with Crippen LogP contribution in [0.15, 0.2) is 382 Å². The zero-order chi connectivity index (χ0) is 78.1. The SMILES string of the molecule is c1ccc(-c2cccc(-n3c4cccc5c4c4c6c(cccc6ccc43)-c3cc4c(cc3-5)sc3ccccc34)c2)cc1.c1ccc(-c2cccc(-n3c4cccc5c4c4c6c(cccc6ccc43)-c3cc4c(cc3-5)sc3ccccc34)n2)cc1.c1ccc(-n2c3cccc4c3c3c5c(cccc5ccc32)-c2cc3c(cc2-4)sc2ccccc23)nc1. The van der Waals surface area contributed by atoms with E-state index in [0.717, 1.165) is 22.9 Å². The Morgan fingerprint density at radius 3 is 1.00 bits per heavy atom. The normalized spacial score (nSPS) is 12.3. The molecule has 0 saturated heterocycles. The Morgan fingerprint density at radius 1 is 0.192 bits per heavy atom. The van der Waals surface area contributed by atoms with Crippen LogP contribution in [0, 0.1) is 0 Å². The van der Waals surface area contributed by atoms with Crippen LogP contribution in [-0.2, 0) is 0 Å². The second kappa shape index (κ2) is 25.3. The van der Waals surface area contributed by atoms with Crippen LogP contribution in [0.2, 0.25) is 0 Å². The van der Waals surface area contributed by atoms with Crippen molar-refractivity contribution in [3.8, 4) is 106 Å². The third kappa shape index (κ3) is 9.46. The van der Waals surface area contributed by atoms with Gasteiger partial charge in [-0.25, -0.2) is 9.97 Å². The Morgan fingerprint density at radius 2 is 0.542 bits per heavy atom. The minimum absolute atomic E-state index is 0.936. The topological polar surface area (TPSA) is 40.6 Å². The molecule has 0 N–H and O–H groups in total. The van der Waals surface area contributed by atoms with E-state index in [9.17, 15) is 0 Å². The standard InChI is InChI=1S/C40H23NS.C39H22N2S.C33H18N2S/c1-2-9-24(10-3-1)26-12-6-13-27(21-26)41-34-17-8-16-30-32-23-37-33(28-14-4-5-18-36(28)42-37)22-31(32)29-15-7-11-25-19-20-35(41)40(38(25)29)39(30)34;1-2-9-23(10-3-1)31-15-8-18-36(40-31)41-32-16-7-14-27-29-22-35-30(25-12-4-5-17-34(25)42-35)21-28(29)26-13-6-11-24-19-20-33(41)39(37(24)26)38(27)32;1-2-12-28-20(8-1)25-17-23-21-9-5-7-19-14-15-27-33(31(19)21)32-22(24(23)18-29(25)36-28)10-6-11-26(32)35(27)30-13-3-4-16-34-30/h1-23H;1-22H;1-18H. The van der Waals surface area contributed by atoms with Crippen molar-refractivity contribution in [1.29, 1.82) is 0 Å². The van der Waals surface area contributed by atoms with Crippen LogP contribution in [0.5, 0.6) is 0 Å². The molecule has 0 saturated carbocycles. The monoisotopic (exact) mass is 1570 g/mol. The Hall–Kier alpha value is -14.9. The third-order valence-electron chi connectivity index (χ3n) is 25.8. The summed E-state index contributed by atoms with van der Waals surface area (Å²) in [5.74, 6) is 1.89. The fourth-order valence-corrected chi connectivity index (χ4v) is 24.2. The second-order valence-electron chi connectivity index (χ2n) is 32.0.